The molecule has 0 aliphatic carbocycles. The number of carbonyl (C=O) groups excluding carboxylic acids is 1. The molecule has 2 aromatic carbocycles. The number of alkyl halides is 1. The van der Waals surface area contributed by atoms with E-state index in [2.05, 4.69) is 64.6 Å². The van der Waals surface area contributed by atoms with Crippen molar-refractivity contribution >= 4 is 23.1 Å². The Morgan fingerprint density at radius 2 is 1.82 bits per heavy atom. The Balaban J connectivity index is 1.46. The number of hydrogen-bond acceptors (Lipinski definition) is 4. The van der Waals surface area contributed by atoms with Gasteiger partial charge in [-0.15, -0.1) is 11.6 Å². The maximum Gasteiger partial charge on any atom is 0.151 e. The summed E-state index contributed by atoms with van der Waals surface area (Å²) in [6, 6.07) is 20.3. The minimum Gasteiger partial charge on any atom is -0.382 e. The molecule has 3 aromatic rings. The fourth-order valence-corrected chi connectivity index (χ4v) is 5.65. The molecule has 3 heterocycles. The number of halogens is 1. The highest BCUT2D eigenvalue weighted by Crippen LogP contribution is 2.48. The zero-order valence-corrected chi connectivity index (χ0v) is 19.8. The molecule has 0 spiro atoms. The normalized spacial score (nSPS) is 21.8. The lowest BCUT2D eigenvalue weighted by molar-refractivity contribution is -0.116. The standard InChI is InChI=1S/C28H30ClN3O/c1-2-26-24-11-14-32(18-20-9-12-30-13-10-20)28(24)25-16-22(7-8-27(25)31-26)21-5-3-19(4-6-21)15-23(33)17-29/h3-10,12-13,16,24,26,28,31H,2,11,14-15,17-18H2,1H3/t24-,26-,28-/m1/s1. The van der Waals surface area contributed by atoms with Crippen molar-refractivity contribution in [3.8, 4) is 11.1 Å². The van der Waals surface area contributed by atoms with E-state index < -0.39 is 0 Å². The highest BCUT2D eigenvalue weighted by molar-refractivity contribution is 6.27. The molecule has 5 rings (SSSR count). The first kappa shape index (κ1) is 22.1. The van der Waals surface area contributed by atoms with E-state index in [0.717, 1.165) is 25.1 Å². The van der Waals surface area contributed by atoms with Crippen molar-refractivity contribution in [1.82, 2.24) is 9.88 Å². The minimum atomic E-state index is 0.0521. The second-order valence-electron chi connectivity index (χ2n) is 9.23. The molecular formula is C28H30ClN3O. The van der Waals surface area contributed by atoms with Gasteiger partial charge >= 0.3 is 0 Å². The molecule has 1 aromatic heterocycles. The molecule has 1 fully saturated rings. The maximum atomic E-state index is 11.7. The van der Waals surface area contributed by atoms with Crippen molar-refractivity contribution in [3.05, 3.63) is 83.7 Å². The van der Waals surface area contributed by atoms with Gasteiger partial charge < -0.3 is 5.32 Å². The first-order valence-corrected chi connectivity index (χ1v) is 12.4. The average Bonchev–Trinajstić information content (AvgIpc) is 3.28. The molecule has 0 unspecified atom stereocenters. The Labute approximate surface area is 201 Å². The van der Waals surface area contributed by atoms with Gasteiger partial charge in [0, 0.05) is 49.0 Å². The van der Waals surface area contributed by atoms with Crippen LogP contribution in [0.1, 0.15) is 42.5 Å². The summed E-state index contributed by atoms with van der Waals surface area (Å²) in [5.74, 6) is 0.733. The van der Waals surface area contributed by atoms with Gasteiger partial charge in [0.15, 0.2) is 5.78 Å². The minimum absolute atomic E-state index is 0.0521. The van der Waals surface area contributed by atoms with Crippen molar-refractivity contribution < 1.29 is 4.79 Å². The Hall–Kier alpha value is -2.69. The summed E-state index contributed by atoms with van der Waals surface area (Å²) in [4.78, 5) is 18.5. The first-order valence-electron chi connectivity index (χ1n) is 11.9. The van der Waals surface area contributed by atoms with Crippen molar-refractivity contribution in [1.29, 1.82) is 0 Å². The van der Waals surface area contributed by atoms with Gasteiger partial charge in [0.05, 0.1) is 5.88 Å². The van der Waals surface area contributed by atoms with Crippen LogP contribution >= 0.6 is 11.6 Å². The number of Topliss-reactive ketones (excluding diaryl/α,β-unsaturated/α-hetero) is 1. The summed E-state index contributed by atoms with van der Waals surface area (Å²) in [6.07, 6.45) is 6.51. The third kappa shape index (κ3) is 4.55. The largest absolute Gasteiger partial charge is 0.382 e. The number of pyridine rings is 1. The van der Waals surface area contributed by atoms with E-state index in [-0.39, 0.29) is 11.7 Å². The third-order valence-corrected chi connectivity index (χ3v) is 7.49. The van der Waals surface area contributed by atoms with Crippen LogP contribution in [-0.2, 0) is 17.8 Å². The van der Waals surface area contributed by atoms with E-state index in [0.29, 0.717) is 24.4 Å². The van der Waals surface area contributed by atoms with Crippen molar-refractivity contribution in [2.45, 2.75) is 44.8 Å². The number of carbonyl (C=O) groups is 1. The molecule has 1 saturated heterocycles. The van der Waals surface area contributed by atoms with E-state index in [1.807, 2.05) is 24.5 Å². The topological polar surface area (TPSA) is 45.2 Å². The van der Waals surface area contributed by atoms with Crippen molar-refractivity contribution in [2.75, 3.05) is 17.7 Å². The zero-order valence-electron chi connectivity index (χ0n) is 19.0. The molecule has 2 aliphatic heterocycles. The number of nitrogens with zero attached hydrogens (tertiary/aromatic N) is 2. The van der Waals surface area contributed by atoms with Gasteiger partial charge in [-0.05, 0) is 71.5 Å². The van der Waals surface area contributed by atoms with Gasteiger partial charge in [-0.1, -0.05) is 37.3 Å². The van der Waals surface area contributed by atoms with Crippen LogP contribution in [0.2, 0.25) is 0 Å². The van der Waals surface area contributed by atoms with Crippen LogP contribution in [0.3, 0.4) is 0 Å². The van der Waals surface area contributed by atoms with E-state index in [1.165, 1.54) is 34.4 Å². The van der Waals surface area contributed by atoms with Gasteiger partial charge in [-0.2, -0.15) is 0 Å². The van der Waals surface area contributed by atoms with E-state index in [4.69, 9.17) is 11.6 Å². The molecule has 170 valence electrons. The monoisotopic (exact) mass is 459 g/mol. The molecule has 33 heavy (non-hydrogen) atoms. The van der Waals surface area contributed by atoms with Crippen LogP contribution in [0.5, 0.6) is 0 Å². The number of aromatic nitrogens is 1. The van der Waals surface area contributed by atoms with Gasteiger partial charge in [0.25, 0.3) is 0 Å². The smallest absolute Gasteiger partial charge is 0.151 e. The summed E-state index contributed by atoms with van der Waals surface area (Å²) in [5.41, 5.74) is 7.38. The lowest BCUT2D eigenvalue weighted by atomic mass is 9.81. The number of likely N-dealkylation sites (tertiary alicyclic amines) is 1. The Bertz CT molecular complexity index is 1120. The molecule has 0 amide bonds. The molecule has 3 atom stereocenters. The van der Waals surface area contributed by atoms with Crippen molar-refractivity contribution in [2.24, 2.45) is 5.92 Å². The van der Waals surface area contributed by atoms with Crippen LogP contribution in [-0.4, -0.2) is 34.1 Å². The Kier molecular flexibility index (Phi) is 6.48. The highest BCUT2D eigenvalue weighted by Gasteiger charge is 2.43. The van der Waals surface area contributed by atoms with Crippen LogP contribution in [0.15, 0.2) is 67.0 Å². The quantitative estimate of drug-likeness (QED) is 0.449. The van der Waals surface area contributed by atoms with Crippen LogP contribution in [0.25, 0.3) is 11.1 Å². The number of rotatable bonds is 7. The Morgan fingerprint density at radius 3 is 2.55 bits per heavy atom. The van der Waals surface area contributed by atoms with Gasteiger partial charge in [-0.25, -0.2) is 0 Å². The number of fused-ring (bicyclic) bond motifs is 3. The lowest BCUT2D eigenvalue weighted by Gasteiger charge is -2.40. The van der Waals surface area contributed by atoms with Crippen LogP contribution in [0, 0.1) is 5.92 Å². The number of anilines is 1. The molecule has 5 heteroatoms. The first-order chi connectivity index (χ1) is 16.2. The van der Waals surface area contributed by atoms with Crippen LogP contribution in [0.4, 0.5) is 5.69 Å². The number of nitrogens with one attached hydrogen (secondary N) is 1. The SMILES string of the molecule is CC[C@H]1Nc2ccc(-c3ccc(CC(=O)CCl)cc3)cc2[C@H]2[C@@H]1CCN2Cc1ccncc1. The fourth-order valence-electron chi connectivity index (χ4n) is 5.55. The van der Waals surface area contributed by atoms with Crippen LogP contribution < -0.4 is 5.32 Å². The highest BCUT2D eigenvalue weighted by atomic mass is 35.5. The molecule has 1 N–H and O–H groups in total. The fraction of sp³-hybridized carbons (Fsp3) is 0.357. The predicted octanol–water partition coefficient (Wildman–Crippen LogP) is 5.87. The summed E-state index contributed by atoms with van der Waals surface area (Å²) < 4.78 is 0. The van der Waals surface area contributed by atoms with E-state index >= 15 is 0 Å². The molecule has 4 nitrogen and oxygen atoms in total. The maximum absolute atomic E-state index is 11.7. The molecule has 0 radical (unpaired) electrons. The second-order valence-corrected chi connectivity index (χ2v) is 9.50. The van der Waals surface area contributed by atoms with Gasteiger partial charge in [0.2, 0.25) is 0 Å². The molecule has 0 bridgehead atoms. The number of hydrogen-bond donors (Lipinski definition) is 1. The zero-order chi connectivity index (χ0) is 22.8. The third-order valence-electron chi connectivity index (χ3n) is 7.19. The summed E-state index contributed by atoms with van der Waals surface area (Å²) in [6.45, 7) is 4.35. The van der Waals surface area contributed by atoms with Gasteiger partial charge in [-0.3, -0.25) is 14.7 Å². The predicted molar refractivity (Wildman–Crippen MR) is 135 cm³/mol. The average molecular weight is 460 g/mol. The second kappa shape index (κ2) is 9.66. The summed E-state index contributed by atoms with van der Waals surface area (Å²) >= 11 is 5.66. The van der Waals surface area contributed by atoms with Gasteiger partial charge in [0.1, 0.15) is 0 Å². The number of ketones is 1. The lowest BCUT2D eigenvalue weighted by Crippen LogP contribution is -2.38. The molecule has 2 aliphatic rings. The Morgan fingerprint density at radius 1 is 1.06 bits per heavy atom. The summed E-state index contributed by atoms with van der Waals surface area (Å²) in [7, 11) is 0. The van der Waals surface area contributed by atoms with Crippen molar-refractivity contribution in [3.63, 3.8) is 0 Å². The molecule has 0 saturated carbocycles. The van der Waals surface area contributed by atoms with E-state index in [1.54, 1.807) is 0 Å². The molecular weight excluding hydrogens is 430 g/mol. The summed E-state index contributed by atoms with van der Waals surface area (Å²) in [5, 5.41) is 3.83. The number of benzene rings is 2. The van der Waals surface area contributed by atoms with E-state index in [9.17, 15) is 4.79 Å².